The fourth-order valence-corrected chi connectivity index (χ4v) is 2.02. The van der Waals surface area contributed by atoms with Gasteiger partial charge in [0.1, 0.15) is 11.6 Å². The standard InChI is InChI=1S/C13H17N3O2/c1-10(17)8-13(18)15-11-4-5-12(14-9-11)16-6-2-3-7-16/h4-5,9H,2-3,6-8H2,1H3,(H,15,18). The van der Waals surface area contributed by atoms with Gasteiger partial charge < -0.3 is 10.2 Å². The van der Waals surface area contributed by atoms with E-state index in [1.807, 2.05) is 12.1 Å². The van der Waals surface area contributed by atoms with E-state index >= 15 is 0 Å². The monoisotopic (exact) mass is 247 g/mol. The Kier molecular flexibility index (Phi) is 3.92. The van der Waals surface area contributed by atoms with E-state index < -0.39 is 0 Å². The summed E-state index contributed by atoms with van der Waals surface area (Å²) in [6.45, 7) is 3.49. The van der Waals surface area contributed by atoms with Crippen molar-refractivity contribution in [1.82, 2.24) is 4.98 Å². The Balaban J connectivity index is 1.94. The molecule has 0 unspecified atom stereocenters. The zero-order valence-corrected chi connectivity index (χ0v) is 10.5. The number of rotatable bonds is 4. The fraction of sp³-hybridized carbons (Fsp3) is 0.462. The number of hydrogen-bond donors (Lipinski definition) is 1. The Morgan fingerprint density at radius 3 is 2.61 bits per heavy atom. The molecule has 0 spiro atoms. The van der Waals surface area contributed by atoms with Gasteiger partial charge in [-0.2, -0.15) is 0 Å². The molecule has 1 fully saturated rings. The number of carbonyl (C=O) groups is 2. The summed E-state index contributed by atoms with van der Waals surface area (Å²) in [5, 5.41) is 2.65. The number of hydrogen-bond acceptors (Lipinski definition) is 4. The summed E-state index contributed by atoms with van der Waals surface area (Å²) < 4.78 is 0. The summed E-state index contributed by atoms with van der Waals surface area (Å²) in [4.78, 5) is 28.7. The lowest BCUT2D eigenvalue weighted by atomic mass is 10.3. The van der Waals surface area contributed by atoms with Crippen molar-refractivity contribution in [1.29, 1.82) is 0 Å². The largest absolute Gasteiger partial charge is 0.357 e. The molecule has 96 valence electrons. The molecular formula is C13H17N3O2. The highest BCUT2D eigenvalue weighted by molar-refractivity contribution is 6.03. The van der Waals surface area contributed by atoms with Crippen LogP contribution in [0.2, 0.25) is 0 Å². The first-order valence-electron chi connectivity index (χ1n) is 6.15. The first-order valence-corrected chi connectivity index (χ1v) is 6.15. The van der Waals surface area contributed by atoms with Gasteiger partial charge in [0, 0.05) is 13.1 Å². The third-order valence-corrected chi connectivity index (χ3v) is 2.87. The zero-order chi connectivity index (χ0) is 13.0. The van der Waals surface area contributed by atoms with Gasteiger partial charge in [0.25, 0.3) is 0 Å². The number of nitrogens with zero attached hydrogens (tertiary/aromatic N) is 2. The van der Waals surface area contributed by atoms with Gasteiger partial charge in [0.05, 0.1) is 18.3 Å². The van der Waals surface area contributed by atoms with Crippen molar-refractivity contribution in [2.75, 3.05) is 23.3 Å². The van der Waals surface area contributed by atoms with Crippen molar-refractivity contribution in [3.8, 4) is 0 Å². The molecule has 2 heterocycles. The first-order chi connectivity index (χ1) is 8.65. The normalized spacial score (nSPS) is 14.6. The third kappa shape index (κ3) is 3.29. The number of nitrogens with one attached hydrogen (secondary N) is 1. The van der Waals surface area contributed by atoms with E-state index in [1.165, 1.54) is 19.8 Å². The predicted octanol–water partition coefficient (Wildman–Crippen LogP) is 1.60. The molecule has 0 aliphatic carbocycles. The van der Waals surface area contributed by atoms with E-state index in [1.54, 1.807) is 6.20 Å². The van der Waals surface area contributed by atoms with Crippen LogP contribution in [-0.4, -0.2) is 29.8 Å². The van der Waals surface area contributed by atoms with Crippen LogP contribution in [0.15, 0.2) is 18.3 Å². The van der Waals surface area contributed by atoms with Crippen LogP contribution in [0.25, 0.3) is 0 Å². The van der Waals surface area contributed by atoms with Crippen LogP contribution < -0.4 is 10.2 Å². The second-order valence-corrected chi connectivity index (χ2v) is 4.53. The Hall–Kier alpha value is -1.91. The number of Topliss-reactive ketones (excluding diaryl/α,β-unsaturated/α-hetero) is 1. The molecule has 0 atom stereocenters. The van der Waals surface area contributed by atoms with Crippen molar-refractivity contribution in [3.63, 3.8) is 0 Å². The van der Waals surface area contributed by atoms with Gasteiger partial charge in [0.15, 0.2) is 0 Å². The highest BCUT2D eigenvalue weighted by atomic mass is 16.2. The van der Waals surface area contributed by atoms with E-state index in [4.69, 9.17) is 0 Å². The minimum absolute atomic E-state index is 0.0894. The molecule has 0 bridgehead atoms. The van der Waals surface area contributed by atoms with Gasteiger partial charge in [-0.1, -0.05) is 0 Å². The summed E-state index contributed by atoms with van der Waals surface area (Å²) in [6, 6.07) is 3.72. The average Bonchev–Trinajstić information content (AvgIpc) is 2.82. The van der Waals surface area contributed by atoms with Crippen LogP contribution >= 0.6 is 0 Å². The van der Waals surface area contributed by atoms with Crippen molar-refractivity contribution in [2.45, 2.75) is 26.2 Å². The van der Waals surface area contributed by atoms with E-state index in [0.717, 1.165) is 18.9 Å². The van der Waals surface area contributed by atoms with Gasteiger partial charge in [-0.15, -0.1) is 0 Å². The van der Waals surface area contributed by atoms with E-state index in [2.05, 4.69) is 15.2 Å². The summed E-state index contributed by atoms with van der Waals surface area (Å²) in [5.74, 6) is 0.504. The molecule has 1 aliphatic heterocycles. The summed E-state index contributed by atoms with van der Waals surface area (Å²) in [5.41, 5.74) is 0.629. The maximum atomic E-state index is 11.4. The zero-order valence-electron chi connectivity index (χ0n) is 10.5. The fourth-order valence-electron chi connectivity index (χ4n) is 2.02. The summed E-state index contributed by atoms with van der Waals surface area (Å²) in [7, 11) is 0. The second-order valence-electron chi connectivity index (χ2n) is 4.53. The molecule has 5 nitrogen and oxygen atoms in total. The molecule has 1 aromatic rings. The van der Waals surface area contributed by atoms with Crippen LogP contribution in [0.1, 0.15) is 26.2 Å². The first kappa shape index (κ1) is 12.5. The summed E-state index contributed by atoms with van der Waals surface area (Å²) in [6.07, 6.45) is 3.96. The van der Waals surface area contributed by atoms with Crippen molar-refractivity contribution in [2.24, 2.45) is 0 Å². The number of amides is 1. The van der Waals surface area contributed by atoms with Gasteiger partial charge in [-0.25, -0.2) is 4.98 Å². The molecule has 1 N–H and O–H groups in total. The molecule has 0 saturated carbocycles. The topological polar surface area (TPSA) is 62.3 Å². The molecule has 1 amide bonds. The number of ketones is 1. The molecule has 2 rings (SSSR count). The van der Waals surface area contributed by atoms with E-state index in [9.17, 15) is 9.59 Å². The van der Waals surface area contributed by atoms with Crippen molar-refractivity contribution in [3.05, 3.63) is 18.3 Å². The van der Waals surface area contributed by atoms with Crippen molar-refractivity contribution >= 4 is 23.2 Å². The number of pyridine rings is 1. The van der Waals surface area contributed by atoms with Gasteiger partial charge in [-0.05, 0) is 31.9 Å². The number of anilines is 2. The number of aromatic nitrogens is 1. The Morgan fingerprint density at radius 1 is 1.33 bits per heavy atom. The predicted molar refractivity (Wildman–Crippen MR) is 69.6 cm³/mol. The van der Waals surface area contributed by atoms with E-state index in [0.29, 0.717) is 5.69 Å². The minimum Gasteiger partial charge on any atom is -0.357 e. The maximum absolute atomic E-state index is 11.4. The average molecular weight is 247 g/mol. The lowest BCUT2D eigenvalue weighted by Crippen LogP contribution is -2.19. The van der Waals surface area contributed by atoms with Gasteiger partial charge in [0.2, 0.25) is 5.91 Å². The Bertz CT molecular complexity index is 436. The van der Waals surface area contributed by atoms with Crippen LogP contribution in [0.5, 0.6) is 0 Å². The Morgan fingerprint density at radius 2 is 2.06 bits per heavy atom. The molecule has 18 heavy (non-hydrogen) atoms. The smallest absolute Gasteiger partial charge is 0.231 e. The van der Waals surface area contributed by atoms with Gasteiger partial charge >= 0.3 is 0 Å². The van der Waals surface area contributed by atoms with E-state index in [-0.39, 0.29) is 18.1 Å². The third-order valence-electron chi connectivity index (χ3n) is 2.87. The second kappa shape index (κ2) is 5.62. The lowest BCUT2D eigenvalue weighted by molar-refractivity contribution is -0.124. The molecule has 1 aliphatic rings. The van der Waals surface area contributed by atoms with Crippen LogP contribution in [-0.2, 0) is 9.59 Å². The van der Waals surface area contributed by atoms with Crippen LogP contribution in [0.3, 0.4) is 0 Å². The molecule has 0 aromatic carbocycles. The highest BCUT2D eigenvalue weighted by Gasteiger charge is 2.13. The maximum Gasteiger partial charge on any atom is 0.231 e. The van der Waals surface area contributed by atoms with Crippen LogP contribution in [0, 0.1) is 0 Å². The van der Waals surface area contributed by atoms with Crippen molar-refractivity contribution < 1.29 is 9.59 Å². The number of carbonyl (C=O) groups excluding carboxylic acids is 2. The Labute approximate surface area is 106 Å². The molecule has 0 radical (unpaired) electrons. The summed E-state index contributed by atoms with van der Waals surface area (Å²) >= 11 is 0. The lowest BCUT2D eigenvalue weighted by Gasteiger charge is -2.16. The molecule has 5 heteroatoms. The highest BCUT2D eigenvalue weighted by Crippen LogP contribution is 2.19. The van der Waals surface area contributed by atoms with Gasteiger partial charge in [-0.3, -0.25) is 9.59 Å². The molecular weight excluding hydrogens is 230 g/mol. The SMILES string of the molecule is CC(=O)CC(=O)Nc1ccc(N2CCCC2)nc1. The minimum atomic E-state index is -0.293. The van der Waals surface area contributed by atoms with Crippen LogP contribution in [0.4, 0.5) is 11.5 Å². The molecule has 1 saturated heterocycles. The quantitative estimate of drug-likeness (QED) is 0.821. The molecule has 1 aromatic heterocycles.